The fraction of sp³-hybridized carbons (Fsp3) is 0.812. The molecule has 23 heavy (non-hydrogen) atoms. The fourth-order valence-corrected chi connectivity index (χ4v) is 5.44. The molecule has 0 spiro atoms. The number of aromatic amines is 1. The molecule has 130 valence electrons. The highest BCUT2D eigenvalue weighted by molar-refractivity contribution is 7.89. The highest BCUT2D eigenvalue weighted by Gasteiger charge is 2.41. The highest BCUT2D eigenvalue weighted by atomic mass is 32.2. The van der Waals surface area contributed by atoms with E-state index in [2.05, 4.69) is 28.7 Å². The summed E-state index contributed by atoms with van der Waals surface area (Å²) in [5.74, 6) is 0.916. The van der Waals surface area contributed by atoms with E-state index in [1.807, 2.05) is 13.8 Å². The molecule has 0 amide bonds. The van der Waals surface area contributed by atoms with Gasteiger partial charge in [-0.15, -0.1) is 0 Å². The Kier molecular flexibility index (Phi) is 4.55. The van der Waals surface area contributed by atoms with Crippen LogP contribution in [0.4, 0.5) is 0 Å². The number of aromatic nitrogens is 2. The number of nitrogens with one attached hydrogen (secondary N) is 1. The molecule has 0 aromatic carbocycles. The summed E-state index contributed by atoms with van der Waals surface area (Å²) in [5.41, 5.74) is 0. The lowest BCUT2D eigenvalue weighted by Crippen LogP contribution is -2.44. The number of hydrogen-bond acceptors (Lipinski definition) is 4. The number of rotatable bonds is 4. The second kappa shape index (κ2) is 6.18. The summed E-state index contributed by atoms with van der Waals surface area (Å²) in [6.07, 6.45) is 4.67. The molecule has 2 fully saturated rings. The minimum atomic E-state index is -3.48. The van der Waals surface area contributed by atoms with E-state index < -0.39 is 10.0 Å². The molecular weight excluding hydrogens is 312 g/mol. The van der Waals surface area contributed by atoms with Gasteiger partial charge >= 0.3 is 0 Å². The molecule has 3 rings (SSSR count). The van der Waals surface area contributed by atoms with Crippen molar-refractivity contribution in [3.05, 3.63) is 12.0 Å². The lowest BCUT2D eigenvalue weighted by molar-refractivity contribution is 0.154. The van der Waals surface area contributed by atoms with E-state index in [0.29, 0.717) is 31.2 Å². The molecule has 2 atom stereocenters. The zero-order chi connectivity index (χ0) is 16.8. The largest absolute Gasteiger partial charge is 0.332 e. The van der Waals surface area contributed by atoms with Crippen molar-refractivity contribution in [1.29, 1.82) is 0 Å². The Balaban J connectivity index is 1.83. The number of sulfonamides is 1. The molecule has 0 radical (unpaired) electrons. The fourth-order valence-electron chi connectivity index (χ4n) is 4.02. The van der Waals surface area contributed by atoms with Crippen LogP contribution in [-0.2, 0) is 10.0 Å². The van der Waals surface area contributed by atoms with Crippen molar-refractivity contribution in [2.45, 2.75) is 76.0 Å². The summed E-state index contributed by atoms with van der Waals surface area (Å²) < 4.78 is 27.6. The SMILES string of the molecule is CC(C)c1ncc(S(=O)(=O)N2CC[C@H]3CC[C@@H](C2)N3C(C)C)[nH]1. The van der Waals surface area contributed by atoms with Crippen LogP contribution in [0, 0.1) is 0 Å². The minimum absolute atomic E-state index is 0.190. The van der Waals surface area contributed by atoms with Crippen LogP contribution in [0.25, 0.3) is 0 Å². The third-order valence-electron chi connectivity index (χ3n) is 5.14. The summed E-state index contributed by atoms with van der Waals surface area (Å²) in [6.45, 7) is 9.61. The van der Waals surface area contributed by atoms with Crippen molar-refractivity contribution >= 4 is 10.0 Å². The first-order valence-corrected chi connectivity index (χ1v) is 10.1. The van der Waals surface area contributed by atoms with Crippen LogP contribution in [0.3, 0.4) is 0 Å². The van der Waals surface area contributed by atoms with E-state index in [0.717, 1.165) is 18.7 Å². The average Bonchev–Trinajstić information content (AvgIpc) is 3.03. The molecule has 0 unspecified atom stereocenters. The Morgan fingerprint density at radius 2 is 1.87 bits per heavy atom. The van der Waals surface area contributed by atoms with E-state index in [1.54, 1.807) is 4.31 Å². The number of imidazole rings is 1. The van der Waals surface area contributed by atoms with Crippen LogP contribution in [0.5, 0.6) is 0 Å². The van der Waals surface area contributed by atoms with E-state index in [9.17, 15) is 8.42 Å². The standard InChI is InChI=1S/C16H28N4O2S/c1-11(2)16-17-9-15(18-16)23(21,22)19-8-7-13-5-6-14(10-19)20(13)12(3)4/h9,11-14H,5-8,10H2,1-4H3,(H,17,18)/t13-,14+/m1/s1. The highest BCUT2D eigenvalue weighted by Crippen LogP contribution is 2.33. The predicted octanol–water partition coefficient (Wildman–Crippen LogP) is 2.17. The number of hydrogen-bond donors (Lipinski definition) is 1. The van der Waals surface area contributed by atoms with E-state index in [-0.39, 0.29) is 10.9 Å². The Hall–Kier alpha value is -0.920. The normalized spacial score (nSPS) is 27.0. The van der Waals surface area contributed by atoms with Crippen LogP contribution < -0.4 is 0 Å². The summed E-state index contributed by atoms with van der Waals surface area (Å²) >= 11 is 0. The smallest absolute Gasteiger partial charge is 0.260 e. The quantitative estimate of drug-likeness (QED) is 0.912. The molecule has 2 bridgehead atoms. The van der Waals surface area contributed by atoms with Gasteiger partial charge in [-0.05, 0) is 33.1 Å². The van der Waals surface area contributed by atoms with Crippen molar-refractivity contribution in [2.75, 3.05) is 13.1 Å². The number of fused-ring (bicyclic) bond motifs is 2. The summed E-state index contributed by atoms with van der Waals surface area (Å²) in [5, 5.41) is 0.232. The van der Waals surface area contributed by atoms with Gasteiger partial charge in [0.1, 0.15) is 5.82 Å². The molecular formula is C16H28N4O2S. The van der Waals surface area contributed by atoms with Crippen molar-refractivity contribution in [3.8, 4) is 0 Å². The van der Waals surface area contributed by atoms with Gasteiger partial charge < -0.3 is 4.98 Å². The molecule has 2 saturated heterocycles. The second-order valence-corrected chi connectivity index (χ2v) is 9.27. The Morgan fingerprint density at radius 1 is 1.17 bits per heavy atom. The number of nitrogens with zero attached hydrogens (tertiary/aromatic N) is 3. The van der Waals surface area contributed by atoms with Gasteiger partial charge in [0.15, 0.2) is 5.03 Å². The third kappa shape index (κ3) is 3.06. The molecule has 7 heteroatoms. The van der Waals surface area contributed by atoms with Gasteiger partial charge in [0, 0.05) is 37.1 Å². The van der Waals surface area contributed by atoms with Crippen LogP contribution in [-0.4, -0.2) is 58.8 Å². The lowest BCUT2D eigenvalue weighted by atomic mass is 10.1. The van der Waals surface area contributed by atoms with Crippen LogP contribution in [0.15, 0.2) is 11.2 Å². The molecule has 1 aromatic heterocycles. The first-order valence-electron chi connectivity index (χ1n) is 8.63. The van der Waals surface area contributed by atoms with Crippen LogP contribution in [0.1, 0.15) is 58.7 Å². The molecule has 0 aliphatic carbocycles. The van der Waals surface area contributed by atoms with Gasteiger partial charge in [-0.3, -0.25) is 4.90 Å². The molecule has 1 N–H and O–H groups in total. The summed E-state index contributed by atoms with van der Waals surface area (Å²) in [6, 6.07) is 1.33. The van der Waals surface area contributed by atoms with Crippen molar-refractivity contribution in [1.82, 2.24) is 19.2 Å². The van der Waals surface area contributed by atoms with Crippen LogP contribution in [0.2, 0.25) is 0 Å². The Morgan fingerprint density at radius 3 is 2.48 bits per heavy atom. The van der Waals surface area contributed by atoms with Crippen molar-refractivity contribution < 1.29 is 8.42 Å². The average molecular weight is 340 g/mol. The van der Waals surface area contributed by atoms with Gasteiger partial charge in [-0.1, -0.05) is 13.8 Å². The maximum atomic E-state index is 13.0. The van der Waals surface area contributed by atoms with E-state index in [4.69, 9.17) is 0 Å². The summed E-state index contributed by atoms with van der Waals surface area (Å²) in [4.78, 5) is 9.73. The molecule has 0 saturated carbocycles. The Bertz CT molecular complexity index is 653. The zero-order valence-electron chi connectivity index (χ0n) is 14.5. The first-order chi connectivity index (χ1) is 10.8. The summed E-state index contributed by atoms with van der Waals surface area (Å²) in [7, 11) is -3.48. The maximum absolute atomic E-state index is 13.0. The van der Waals surface area contributed by atoms with Crippen molar-refractivity contribution in [3.63, 3.8) is 0 Å². The first kappa shape index (κ1) is 16.9. The van der Waals surface area contributed by atoms with Crippen molar-refractivity contribution in [2.24, 2.45) is 0 Å². The van der Waals surface area contributed by atoms with E-state index in [1.165, 1.54) is 12.6 Å². The zero-order valence-corrected chi connectivity index (χ0v) is 15.3. The molecule has 1 aromatic rings. The van der Waals surface area contributed by atoms with Gasteiger partial charge in [0.05, 0.1) is 6.20 Å². The van der Waals surface area contributed by atoms with E-state index >= 15 is 0 Å². The van der Waals surface area contributed by atoms with Gasteiger partial charge in [-0.25, -0.2) is 13.4 Å². The Labute approximate surface area is 139 Å². The van der Waals surface area contributed by atoms with Gasteiger partial charge in [0.2, 0.25) is 0 Å². The topological polar surface area (TPSA) is 69.3 Å². The molecule has 6 nitrogen and oxygen atoms in total. The minimum Gasteiger partial charge on any atom is -0.332 e. The molecule has 3 heterocycles. The lowest BCUT2D eigenvalue weighted by Gasteiger charge is -2.32. The second-order valence-electron chi connectivity index (χ2n) is 7.37. The maximum Gasteiger partial charge on any atom is 0.260 e. The van der Waals surface area contributed by atoms with Gasteiger partial charge in [-0.2, -0.15) is 4.31 Å². The number of H-pyrrole nitrogens is 1. The monoisotopic (exact) mass is 340 g/mol. The molecule has 2 aliphatic heterocycles. The van der Waals surface area contributed by atoms with Gasteiger partial charge in [0.25, 0.3) is 10.0 Å². The van der Waals surface area contributed by atoms with Crippen LogP contribution >= 0.6 is 0 Å². The predicted molar refractivity (Wildman–Crippen MR) is 89.8 cm³/mol. The third-order valence-corrected chi connectivity index (χ3v) is 6.91. The molecule has 2 aliphatic rings.